The average molecular weight is 431 g/mol. The lowest BCUT2D eigenvalue weighted by atomic mass is 10.2. The number of carbonyl (C=O) groups excluding carboxylic acids is 1. The molecule has 0 spiro atoms. The van der Waals surface area contributed by atoms with Crippen LogP contribution >= 0.6 is 11.3 Å². The van der Waals surface area contributed by atoms with Crippen molar-refractivity contribution in [3.8, 4) is 0 Å². The minimum Gasteiger partial charge on any atom is -0.365 e. The number of nitrogens with one attached hydrogen (secondary N) is 2. The van der Waals surface area contributed by atoms with Crippen LogP contribution in [0.5, 0.6) is 0 Å². The molecule has 30 heavy (non-hydrogen) atoms. The summed E-state index contributed by atoms with van der Waals surface area (Å²) >= 11 is 1.53. The summed E-state index contributed by atoms with van der Waals surface area (Å²) < 4.78 is 16.3. The van der Waals surface area contributed by atoms with Crippen LogP contribution in [-0.4, -0.2) is 63.8 Å². The number of nitrogens with zero attached hydrogens (tertiary/aromatic N) is 6. The van der Waals surface area contributed by atoms with Crippen LogP contribution in [0, 0.1) is 5.95 Å². The molecule has 0 saturated carbocycles. The molecule has 0 bridgehead atoms. The SMILES string of the molecule is CNC(=O)c1ccc(N2CCN(Cc3cc(Nc4nccs4)nn3C)CC2)c(F)n1. The lowest BCUT2D eigenvalue weighted by Crippen LogP contribution is -2.46. The summed E-state index contributed by atoms with van der Waals surface area (Å²) in [6.45, 7) is 3.70. The first kappa shape index (κ1) is 20.2. The fourth-order valence-corrected chi connectivity index (χ4v) is 3.94. The molecule has 158 valence electrons. The van der Waals surface area contributed by atoms with Crippen LogP contribution in [0.1, 0.15) is 16.2 Å². The lowest BCUT2D eigenvalue weighted by molar-refractivity contribution is 0.0957. The highest BCUT2D eigenvalue weighted by atomic mass is 32.1. The number of pyridine rings is 1. The Morgan fingerprint density at radius 2 is 2.07 bits per heavy atom. The van der Waals surface area contributed by atoms with Crippen LogP contribution in [0.3, 0.4) is 0 Å². The summed E-state index contributed by atoms with van der Waals surface area (Å²) in [5, 5.41) is 12.9. The van der Waals surface area contributed by atoms with Gasteiger partial charge in [-0.2, -0.15) is 9.49 Å². The molecule has 0 unspecified atom stereocenters. The fraction of sp³-hybridized carbons (Fsp3) is 0.368. The van der Waals surface area contributed by atoms with Gasteiger partial charge in [0.25, 0.3) is 5.91 Å². The summed E-state index contributed by atoms with van der Waals surface area (Å²) in [6.07, 6.45) is 1.75. The van der Waals surface area contributed by atoms with E-state index in [1.54, 1.807) is 18.3 Å². The second kappa shape index (κ2) is 8.76. The van der Waals surface area contributed by atoms with Crippen molar-refractivity contribution in [2.24, 2.45) is 7.05 Å². The van der Waals surface area contributed by atoms with Gasteiger partial charge in [-0.05, 0) is 12.1 Å². The van der Waals surface area contributed by atoms with Gasteiger partial charge in [0.1, 0.15) is 5.69 Å². The number of hydrogen-bond donors (Lipinski definition) is 2. The zero-order valence-corrected chi connectivity index (χ0v) is 17.6. The largest absolute Gasteiger partial charge is 0.365 e. The summed E-state index contributed by atoms with van der Waals surface area (Å²) in [6, 6.07) is 5.20. The number of thiazole rings is 1. The Balaban J connectivity index is 1.35. The van der Waals surface area contributed by atoms with Crippen LogP contribution in [0.25, 0.3) is 0 Å². The zero-order chi connectivity index (χ0) is 21.1. The van der Waals surface area contributed by atoms with E-state index in [2.05, 4.69) is 30.6 Å². The summed E-state index contributed by atoms with van der Waals surface area (Å²) in [5.41, 5.74) is 1.60. The van der Waals surface area contributed by atoms with Crippen molar-refractivity contribution in [1.29, 1.82) is 0 Å². The number of carbonyl (C=O) groups is 1. The van der Waals surface area contributed by atoms with Crippen molar-refractivity contribution in [3.63, 3.8) is 0 Å². The Hall–Kier alpha value is -3.05. The molecular formula is C19H23FN8OS. The number of amides is 1. The van der Waals surface area contributed by atoms with Gasteiger partial charge in [-0.3, -0.25) is 14.4 Å². The molecule has 0 aromatic carbocycles. The number of halogens is 1. The first-order chi connectivity index (χ1) is 14.5. The third kappa shape index (κ3) is 4.41. The smallest absolute Gasteiger partial charge is 0.269 e. The van der Waals surface area contributed by atoms with Gasteiger partial charge in [0.05, 0.1) is 11.4 Å². The number of hydrogen-bond acceptors (Lipinski definition) is 8. The normalized spacial score (nSPS) is 14.7. The first-order valence-corrected chi connectivity index (χ1v) is 10.5. The standard InChI is InChI=1S/C19H23FN8OS/c1-21-18(29)14-3-4-15(17(20)23-14)28-8-6-27(7-9-28)12-13-11-16(25-26(13)2)24-19-22-5-10-30-19/h3-5,10-11H,6-9,12H2,1-2H3,(H,21,29)(H,22,24,25). The molecule has 1 saturated heterocycles. The molecule has 4 heterocycles. The maximum Gasteiger partial charge on any atom is 0.269 e. The summed E-state index contributed by atoms with van der Waals surface area (Å²) in [7, 11) is 3.42. The highest BCUT2D eigenvalue weighted by molar-refractivity contribution is 7.13. The first-order valence-electron chi connectivity index (χ1n) is 9.59. The minimum atomic E-state index is -0.617. The fourth-order valence-electron chi connectivity index (χ4n) is 3.40. The summed E-state index contributed by atoms with van der Waals surface area (Å²) in [4.78, 5) is 23.9. The number of aryl methyl sites for hydroxylation is 1. The number of piperazine rings is 1. The van der Waals surface area contributed by atoms with E-state index in [4.69, 9.17) is 0 Å². The molecule has 1 fully saturated rings. The van der Waals surface area contributed by atoms with Gasteiger partial charge in [0.15, 0.2) is 10.9 Å². The molecule has 4 rings (SSSR count). The van der Waals surface area contributed by atoms with Crippen molar-refractivity contribution in [2.45, 2.75) is 6.54 Å². The Bertz CT molecular complexity index is 1010. The molecule has 1 aliphatic rings. The van der Waals surface area contributed by atoms with E-state index in [1.807, 2.05) is 28.1 Å². The Morgan fingerprint density at radius 3 is 2.73 bits per heavy atom. The van der Waals surface area contributed by atoms with E-state index in [0.29, 0.717) is 18.8 Å². The Morgan fingerprint density at radius 1 is 1.27 bits per heavy atom. The minimum absolute atomic E-state index is 0.0794. The van der Waals surface area contributed by atoms with E-state index in [0.717, 1.165) is 36.3 Å². The lowest BCUT2D eigenvalue weighted by Gasteiger charge is -2.35. The molecule has 0 atom stereocenters. The molecule has 3 aromatic heterocycles. The predicted molar refractivity (Wildman–Crippen MR) is 114 cm³/mol. The van der Waals surface area contributed by atoms with Gasteiger partial charge in [0.2, 0.25) is 5.95 Å². The highest BCUT2D eigenvalue weighted by Gasteiger charge is 2.22. The Kier molecular flexibility index (Phi) is 5.91. The van der Waals surface area contributed by atoms with Gasteiger partial charge in [-0.1, -0.05) is 0 Å². The maximum absolute atomic E-state index is 14.4. The Labute approximate surface area is 177 Å². The van der Waals surface area contributed by atoms with Gasteiger partial charge >= 0.3 is 0 Å². The molecule has 9 nitrogen and oxygen atoms in total. The van der Waals surface area contributed by atoms with E-state index in [9.17, 15) is 9.18 Å². The molecule has 11 heteroatoms. The number of anilines is 3. The third-order valence-corrected chi connectivity index (χ3v) is 5.72. The zero-order valence-electron chi connectivity index (χ0n) is 16.8. The highest BCUT2D eigenvalue weighted by Crippen LogP contribution is 2.22. The van der Waals surface area contributed by atoms with Crippen LogP contribution in [0.15, 0.2) is 29.8 Å². The molecule has 0 aliphatic carbocycles. The van der Waals surface area contributed by atoms with Crippen molar-refractivity contribution in [1.82, 2.24) is 30.0 Å². The second-order valence-electron chi connectivity index (χ2n) is 6.96. The molecular weight excluding hydrogens is 407 g/mol. The third-order valence-electron chi connectivity index (χ3n) is 5.03. The van der Waals surface area contributed by atoms with Crippen LogP contribution in [0.4, 0.5) is 21.0 Å². The topological polar surface area (TPSA) is 91.2 Å². The van der Waals surface area contributed by atoms with Gasteiger partial charge in [-0.15, -0.1) is 11.3 Å². The summed E-state index contributed by atoms with van der Waals surface area (Å²) in [5.74, 6) is -0.246. The molecule has 1 aliphatic heterocycles. The predicted octanol–water partition coefficient (Wildman–Crippen LogP) is 1.84. The monoisotopic (exact) mass is 430 g/mol. The van der Waals surface area contributed by atoms with Crippen molar-refractivity contribution in [2.75, 3.05) is 43.4 Å². The van der Waals surface area contributed by atoms with E-state index >= 15 is 0 Å². The molecule has 2 N–H and O–H groups in total. The van der Waals surface area contributed by atoms with Crippen molar-refractivity contribution in [3.05, 3.63) is 47.1 Å². The molecule has 0 radical (unpaired) electrons. The molecule has 1 amide bonds. The second-order valence-corrected chi connectivity index (χ2v) is 7.85. The van der Waals surface area contributed by atoms with Gasteiger partial charge < -0.3 is 15.5 Å². The van der Waals surface area contributed by atoms with E-state index in [-0.39, 0.29) is 5.69 Å². The van der Waals surface area contributed by atoms with Crippen molar-refractivity contribution >= 4 is 33.9 Å². The van der Waals surface area contributed by atoms with Crippen LogP contribution in [0.2, 0.25) is 0 Å². The van der Waals surface area contributed by atoms with Crippen molar-refractivity contribution < 1.29 is 9.18 Å². The van der Waals surface area contributed by atoms with Crippen LogP contribution in [-0.2, 0) is 13.6 Å². The van der Waals surface area contributed by atoms with E-state index < -0.39 is 11.9 Å². The quantitative estimate of drug-likeness (QED) is 0.577. The van der Waals surface area contributed by atoms with E-state index in [1.165, 1.54) is 18.4 Å². The number of rotatable bonds is 6. The van der Waals surface area contributed by atoms with Gasteiger partial charge in [0, 0.05) is 64.5 Å². The number of aromatic nitrogens is 4. The molecule has 3 aromatic rings. The maximum atomic E-state index is 14.4. The van der Waals surface area contributed by atoms with Crippen LogP contribution < -0.4 is 15.5 Å². The van der Waals surface area contributed by atoms with Gasteiger partial charge in [-0.25, -0.2) is 9.97 Å². The average Bonchev–Trinajstić information content (AvgIpc) is 3.38.